The Bertz CT molecular complexity index is 493. The summed E-state index contributed by atoms with van der Waals surface area (Å²) in [6.07, 6.45) is 0. The summed E-state index contributed by atoms with van der Waals surface area (Å²) < 4.78 is 0. The molecular formula is C15H27N5O. The first-order valence-electron chi connectivity index (χ1n) is 7.08. The van der Waals surface area contributed by atoms with Crippen LogP contribution in [0.15, 0.2) is 12.1 Å². The number of hydrogen-bond donors (Lipinski definition) is 3. The number of hydrogen-bond acceptors (Lipinski definition) is 5. The van der Waals surface area contributed by atoms with E-state index in [-0.39, 0.29) is 17.4 Å². The van der Waals surface area contributed by atoms with Crippen molar-refractivity contribution in [2.45, 2.75) is 39.2 Å². The fourth-order valence-corrected chi connectivity index (χ4v) is 2.02. The number of anilines is 1. The minimum absolute atomic E-state index is 0.0630. The van der Waals surface area contributed by atoms with Crippen molar-refractivity contribution in [3.8, 4) is 0 Å². The van der Waals surface area contributed by atoms with Crippen molar-refractivity contribution < 1.29 is 4.79 Å². The maximum Gasteiger partial charge on any atom is 0.251 e. The zero-order valence-corrected chi connectivity index (χ0v) is 13.8. The van der Waals surface area contributed by atoms with Crippen LogP contribution in [0.4, 0.5) is 5.82 Å². The highest BCUT2D eigenvalue weighted by atomic mass is 16.1. The number of rotatable bonds is 5. The number of nitrogens with two attached hydrogens (primary N) is 1. The molecule has 0 aliphatic heterocycles. The molecule has 1 amide bonds. The van der Waals surface area contributed by atoms with Gasteiger partial charge in [-0.25, -0.2) is 10.8 Å². The van der Waals surface area contributed by atoms with Gasteiger partial charge in [0.15, 0.2) is 0 Å². The second-order valence-corrected chi connectivity index (χ2v) is 6.66. The molecule has 1 unspecified atom stereocenters. The molecule has 1 aromatic rings. The third-order valence-corrected chi connectivity index (χ3v) is 3.02. The van der Waals surface area contributed by atoms with Crippen LogP contribution in [0.2, 0.25) is 0 Å². The first-order valence-corrected chi connectivity index (χ1v) is 7.08. The van der Waals surface area contributed by atoms with Gasteiger partial charge in [0.25, 0.3) is 5.91 Å². The van der Waals surface area contributed by atoms with E-state index in [0.717, 1.165) is 12.2 Å². The van der Waals surface area contributed by atoms with Crippen molar-refractivity contribution in [1.29, 1.82) is 0 Å². The maximum absolute atomic E-state index is 12.4. The maximum atomic E-state index is 12.4. The summed E-state index contributed by atoms with van der Waals surface area (Å²) in [7, 11) is 3.95. The van der Waals surface area contributed by atoms with E-state index in [4.69, 9.17) is 5.84 Å². The van der Waals surface area contributed by atoms with Crippen molar-refractivity contribution in [2.24, 2.45) is 5.84 Å². The van der Waals surface area contributed by atoms with Crippen LogP contribution in [0.1, 0.15) is 43.7 Å². The van der Waals surface area contributed by atoms with Crippen LogP contribution in [0, 0.1) is 0 Å². The second kappa shape index (κ2) is 6.87. The van der Waals surface area contributed by atoms with E-state index in [1.165, 1.54) is 0 Å². The van der Waals surface area contributed by atoms with Gasteiger partial charge in [-0.1, -0.05) is 20.8 Å². The van der Waals surface area contributed by atoms with E-state index in [1.807, 2.05) is 52.8 Å². The summed E-state index contributed by atoms with van der Waals surface area (Å²) >= 11 is 0. The quantitative estimate of drug-likeness (QED) is 0.564. The van der Waals surface area contributed by atoms with E-state index in [9.17, 15) is 4.79 Å². The van der Waals surface area contributed by atoms with Crippen molar-refractivity contribution >= 4 is 11.7 Å². The molecule has 6 heteroatoms. The zero-order chi connectivity index (χ0) is 16.2. The SMILES string of the molecule is CC(CN(C)C)NC(=O)c1cc(NN)nc(C(C)(C)C)c1. The molecule has 0 saturated heterocycles. The molecule has 6 nitrogen and oxygen atoms in total. The summed E-state index contributed by atoms with van der Waals surface area (Å²) in [4.78, 5) is 18.8. The van der Waals surface area contributed by atoms with E-state index in [2.05, 4.69) is 15.7 Å². The number of likely N-dealkylation sites (N-methyl/N-ethyl adjacent to an activating group) is 1. The molecule has 0 saturated carbocycles. The molecular weight excluding hydrogens is 266 g/mol. The van der Waals surface area contributed by atoms with Crippen LogP contribution in [-0.2, 0) is 5.41 Å². The molecule has 0 aromatic carbocycles. The number of nitrogens with one attached hydrogen (secondary N) is 2. The average Bonchev–Trinajstić information content (AvgIpc) is 2.35. The average molecular weight is 293 g/mol. The first kappa shape index (κ1) is 17.4. The number of carbonyl (C=O) groups is 1. The Kier molecular flexibility index (Phi) is 5.69. The topological polar surface area (TPSA) is 83.3 Å². The monoisotopic (exact) mass is 293 g/mol. The standard InChI is InChI=1S/C15H27N5O/c1-10(9-20(5)6)17-14(21)11-7-12(15(2,3)4)18-13(8-11)19-16/h7-8,10H,9,16H2,1-6H3,(H,17,21)(H,18,19). The third kappa shape index (κ3) is 5.32. The molecule has 118 valence electrons. The fraction of sp³-hybridized carbons (Fsp3) is 0.600. The van der Waals surface area contributed by atoms with Crippen molar-refractivity contribution in [3.05, 3.63) is 23.4 Å². The van der Waals surface area contributed by atoms with Gasteiger partial charge < -0.3 is 15.6 Å². The second-order valence-electron chi connectivity index (χ2n) is 6.66. The highest BCUT2D eigenvalue weighted by Crippen LogP contribution is 2.23. The first-order chi connectivity index (χ1) is 9.63. The third-order valence-electron chi connectivity index (χ3n) is 3.02. The van der Waals surface area contributed by atoms with Crippen LogP contribution >= 0.6 is 0 Å². The summed E-state index contributed by atoms with van der Waals surface area (Å²) in [5.41, 5.74) is 3.75. The Morgan fingerprint density at radius 3 is 2.48 bits per heavy atom. The fourth-order valence-electron chi connectivity index (χ4n) is 2.02. The van der Waals surface area contributed by atoms with E-state index < -0.39 is 0 Å². The Morgan fingerprint density at radius 1 is 1.38 bits per heavy atom. The van der Waals surface area contributed by atoms with Gasteiger partial charge in [-0.3, -0.25) is 4.79 Å². The van der Waals surface area contributed by atoms with E-state index in [1.54, 1.807) is 6.07 Å². The number of aromatic nitrogens is 1. The molecule has 1 heterocycles. The molecule has 1 atom stereocenters. The molecule has 0 radical (unpaired) electrons. The molecule has 21 heavy (non-hydrogen) atoms. The largest absolute Gasteiger partial charge is 0.348 e. The van der Waals surface area contributed by atoms with Crippen LogP contribution in [0.5, 0.6) is 0 Å². The number of amides is 1. The lowest BCUT2D eigenvalue weighted by Gasteiger charge is -2.21. The van der Waals surface area contributed by atoms with Crippen LogP contribution in [0.3, 0.4) is 0 Å². The van der Waals surface area contributed by atoms with E-state index in [0.29, 0.717) is 11.4 Å². The lowest BCUT2D eigenvalue weighted by atomic mass is 9.90. The normalized spacial score (nSPS) is 13.1. The van der Waals surface area contributed by atoms with E-state index >= 15 is 0 Å². The minimum atomic E-state index is -0.156. The number of hydrazine groups is 1. The summed E-state index contributed by atoms with van der Waals surface area (Å²) in [5, 5.41) is 2.98. The number of carbonyl (C=O) groups excluding carboxylic acids is 1. The Balaban J connectivity index is 2.98. The summed E-state index contributed by atoms with van der Waals surface area (Å²) in [6.45, 7) is 8.90. The molecule has 0 fully saturated rings. The molecule has 0 aliphatic carbocycles. The highest BCUT2D eigenvalue weighted by molar-refractivity contribution is 5.95. The molecule has 0 aliphatic rings. The summed E-state index contributed by atoms with van der Waals surface area (Å²) in [6, 6.07) is 3.54. The van der Waals surface area contributed by atoms with Gasteiger partial charge in [-0.2, -0.15) is 0 Å². The van der Waals surface area contributed by atoms with Gasteiger partial charge in [0.1, 0.15) is 5.82 Å². The predicted molar refractivity (Wildman–Crippen MR) is 86.2 cm³/mol. The molecule has 4 N–H and O–H groups in total. The number of nitrogen functional groups attached to an aromatic ring is 1. The zero-order valence-electron chi connectivity index (χ0n) is 13.8. The van der Waals surface area contributed by atoms with Crippen LogP contribution < -0.4 is 16.6 Å². The molecule has 0 spiro atoms. The Hall–Kier alpha value is -1.66. The van der Waals surface area contributed by atoms with Gasteiger partial charge in [0, 0.05) is 29.3 Å². The van der Waals surface area contributed by atoms with Gasteiger partial charge in [-0.05, 0) is 33.2 Å². The van der Waals surface area contributed by atoms with Gasteiger partial charge in [0.05, 0.1) is 0 Å². The van der Waals surface area contributed by atoms with Gasteiger partial charge in [-0.15, -0.1) is 0 Å². The minimum Gasteiger partial charge on any atom is -0.348 e. The lowest BCUT2D eigenvalue weighted by molar-refractivity contribution is 0.0934. The highest BCUT2D eigenvalue weighted by Gasteiger charge is 2.20. The summed E-state index contributed by atoms with van der Waals surface area (Å²) in [5.74, 6) is 5.82. The molecule has 1 rings (SSSR count). The predicted octanol–water partition coefficient (Wildman–Crippen LogP) is 1.34. The lowest BCUT2D eigenvalue weighted by Crippen LogP contribution is -2.39. The Morgan fingerprint density at radius 2 is 2.00 bits per heavy atom. The van der Waals surface area contributed by atoms with Gasteiger partial charge >= 0.3 is 0 Å². The smallest absolute Gasteiger partial charge is 0.251 e. The molecule has 0 bridgehead atoms. The molecule has 1 aromatic heterocycles. The van der Waals surface area contributed by atoms with Crippen molar-refractivity contribution in [3.63, 3.8) is 0 Å². The van der Waals surface area contributed by atoms with Crippen LogP contribution in [-0.4, -0.2) is 42.5 Å². The Labute approximate surface area is 127 Å². The number of nitrogens with zero attached hydrogens (tertiary/aromatic N) is 2. The van der Waals surface area contributed by atoms with Crippen molar-refractivity contribution in [1.82, 2.24) is 15.2 Å². The van der Waals surface area contributed by atoms with Crippen LogP contribution in [0.25, 0.3) is 0 Å². The number of pyridine rings is 1. The van der Waals surface area contributed by atoms with Gasteiger partial charge in [0.2, 0.25) is 0 Å². The van der Waals surface area contributed by atoms with Crippen molar-refractivity contribution in [2.75, 3.05) is 26.1 Å².